The summed E-state index contributed by atoms with van der Waals surface area (Å²) >= 11 is 0. The van der Waals surface area contributed by atoms with E-state index in [1.807, 2.05) is 10.9 Å². The molecular formula is C18H31N5O. The molecule has 0 bridgehead atoms. The quantitative estimate of drug-likeness (QED) is 0.840. The third kappa shape index (κ3) is 4.97. The maximum absolute atomic E-state index is 12.0. The van der Waals surface area contributed by atoms with E-state index in [0.717, 1.165) is 45.6 Å². The summed E-state index contributed by atoms with van der Waals surface area (Å²) in [7, 11) is 0. The van der Waals surface area contributed by atoms with E-state index < -0.39 is 0 Å². The molecule has 1 aromatic rings. The number of nitrogens with zero attached hydrogens (tertiary/aromatic N) is 3. The van der Waals surface area contributed by atoms with E-state index in [1.165, 1.54) is 31.2 Å². The van der Waals surface area contributed by atoms with Gasteiger partial charge < -0.3 is 10.6 Å². The number of likely N-dealkylation sites (tertiary alicyclic amines) is 1. The van der Waals surface area contributed by atoms with Gasteiger partial charge in [-0.15, -0.1) is 0 Å². The fourth-order valence-corrected chi connectivity index (χ4v) is 3.92. The fourth-order valence-electron chi connectivity index (χ4n) is 3.92. The van der Waals surface area contributed by atoms with Gasteiger partial charge >= 0.3 is 6.03 Å². The molecule has 2 amide bonds. The van der Waals surface area contributed by atoms with Crippen LogP contribution in [0.3, 0.4) is 0 Å². The molecule has 0 aromatic carbocycles. The molecule has 1 atom stereocenters. The summed E-state index contributed by atoms with van der Waals surface area (Å²) in [5, 5.41) is 10.5. The largest absolute Gasteiger partial charge is 0.338 e. The zero-order valence-electron chi connectivity index (χ0n) is 14.8. The van der Waals surface area contributed by atoms with Gasteiger partial charge in [-0.25, -0.2) is 4.79 Å². The molecule has 134 valence electrons. The maximum Gasteiger partial charge on any atom is 0.315 e. The zero-order valence-corrected chi connectivity index (χ0v) is 14.8. The fraction of sp³-hybridized carbons (Fsp3) is 0.778. The van der Waals surface area contributed by atoms with Crippen molar-refractivity contribution in [1.29, 1.82) is 0 Å². The van der Waals surface area contributed by atoms with Gasteiger partial charge in [-0.1, -0.05) is 12.8 Å². The molecule has 0 spiro atoms. The highest BCUT2D eigenvalue weighted by Gasteiger charge is 2.22. The first-order valence-electron chi connectivity index (χ1n) is 9.51. The van der Waals surface area contributed by atoms with Crippen molar-refractivity contribution in [2.75, 3.05) is 19.6 Å². The molecule has 2 aliphatic rings. The number of urea groups is 1. The van der Waals surface area contributed by atoms with Crippen LogP contribution < -0.4 is 10.6 Å². The van der Waals surface area contributed by atoms with Crippen molar-refractivity contribution in [3.8, 4) is 0 Å². The lowest BCUT2D eigenvalue weighted by Gasteiger charge is -2.32. The van der Waals surface area contributed by atoms with Gasteiger partial charge in [-0.05, 0) is 45.1 Å². The molecule has 0 unspecified atom stereocenters. The number of carbonyl (C=O) groups excluding carboxylic acids is 1. The molecule has 1 saturated heterocycles. The first kappa shape index (κ1) is 17.3. The van der Waals surface area contributed by atoms with E-state index in [2.05, 4.69) is 33.8 Å². The Hall–Kier alpha value is -1.56. The second kappa shape index (κ2) is 8.51. The van der Waals surface area contributed by atoms with Gasteiger partial charge in [0, 0.05) is 44.0 Å². The zero-order chi connectivity index (χ0) is 16.8. The second-order valence-electron chi connectivity index (χ2n) is 7.28. The number of rotatable bonds is 6. The van der Waals surface area contributed by atoms with Crippen LogP contribution in [0.2, 0.25) is 0 Å². The van der Waals surface area contributed by atoms with Gasteiger partial charge in [0.2, 0.25) is 0 Å². The van der Waals surface area contributed by atoms with Crippen LogP contribution in [0.15, 0.2) is 12.4 Å². The summed E-state index contributed by atoms with van der Waals surface area (Å²) in [6, 6.07) is 0.409. The number of hydrogen-bond acceptors (Lipinski definition) is 3. The number of amides is 2. The Balaban J connectivity index is 1.39. The lowest BCUT2D eigenvalue weighted by molar-refractivity contribution is 0.165. The topological polar surface area (TPSA) is 62.2 Å². The van der Waals surface area contributed by atoms with Crippen molar-refractivity contribution in [3.05, 3.63) is 18.0 Å². The molecule has 2 fully saturated rings. The van der Waals surface area contributed by atoms with E-state index in [0.29, 0.717) is 12.0 Å². The lowest BCUT2D eigenvalue weighted by atomic mass is 9.98. The molecule has 2 N–H and O–H groups in total. The van der Waals surface area contributed by atoms with Crippen molar-refractivity contribution in [3.63, 3.8) is 0 Å². The van der Waals surface area contributed by atoms with E-state index in [1.54, 1.807) is 0 Å². The van der Waals surface area contributed by atoms with E-state index in [4.69, 9.17) is 0 Å². The minimum Gasteiger partial charge on any atom is -0.338 e. The average molecular weight is 333 g/mol. The van der Waals surface area contributed by atoms with Crippen LogP contribution in [0.25, 0.3) is 0 Å². The van der Waals surface area contributed by atoms with Crippen molar-refractivity contribution in [2.24, 2.45) is 5.92 Å². The van der Waals surface area contributed by atoms with Crippen LogP contribution >= 0.6 is 0 Å². The Morgan fingerprint density at radius 2 is 2.12 bits per heavy atom. The Bertz CT molecular complexity index is 523. The molecule has 1 saturated carbocycles. The number of aromatic nitrogens is 2. The summed E-state index contributed by atoms with van der Waals surface area (Å²) in [6.07, 6.45) is 11.3. The molecule has 1 aliphatic carbocycles. The number of hydrogen-bond donors (Lipinski definition) is 2. The van der Waals surface area contributed by atoms with Crippen molar-refractivity contribution in [1.82, 2.24) is 25.3 Å². The summed E-state index contributed by atoms with van der Waals surface area (Å²) < 4.78 is 1.98. The predicted octanol–water partition coefficient (Wildman–Crippen LogP) is 2.36. The van der Waals surface area contributed by atoms with E-state index in [-0.39, 0.29) is 6.03 Å². The van der Waals surface area contributed by atoms with Crippen molar-refractivity contribution < 1.29 is 4.79 Å². The average Bonchev–Trinajstić information content (AvgIpc) is 3.25. The Morgan fingerprint density at radius 3 is 2.88 bits per heavy atom. The minimum atomic E-state index is 0.0169. The highest BCUT2D eigenvalue weighted by atomic mass is 16.2. The van der Waals surface area contributed by atoms with Crippen LogP contribution in [0.5, 0.6) is 0 Å². The van der Waals surface area contributed by atoms with Gasteiger partial charge in [-0.3, -0.25) is 9.58 Å². The summed E-state index contributed by atoms with van der Waals surface area (Å²) in [6.45, 7) is 6.97. The molecule has 3 rings (SSSR count). The number of nitrogens with one attached hydrogen (secondary N) is 2. The molecule has 6 nitrogen and oxygen atoms in total. The molecule has 24 heavy (non-hydrogen) atoms. The van der Waals surface area contributed by atoms with Crippen LogP contribution in [0.4, 0.5) is 4.79 Å². The normalized spacial score (nSPS) is 22.6. The second-order valence-corrected chi connectivity index (χ2v) is 7.28. The number of piperidine rings is 1. The number of aryl methyl sites for hydroxylation is 1. The van der Waals surface area contributed by atoms with Gasteiger partial charge in [0.05, 0.1) is 6.20 Å². The predicted molar refractivity (Wildman–Crippen MR) is 94.7 cm³/mol. The first-order chi connectivity index (χ1) is 11.7. The van der Waals surface area contributed by atoms with Gasteiger partial charge in [0.15, 0.2) is 0 Å². The van der Waals surface area contributed by atoms with E-state index >= 15 is 0 Å². The Morgan fingerprint density at radius 1 is 1.29 bits per heavy atom. The SMILES string of the molecule is CCn1cc(CN2CCC[C@H](CNC(=O)NC3CCCC3)C2)cn1. The summed E-state index contributed by atoms with van der Waals surface area (Å²) in [5.41, 5.74) is 1.28. The monoisotopic (exact) mass is 333 g/mol. The lowest BCUT2D eigenvalue weighted by Crippen LogP contribution is -2.45. The van der Waals surface area contributed by atoms with Crippen molar-refractivity contribution in [2.45, 2.75) is 64.6 Å². The molecule has 6 heteroatoms. The molecule has 2 heterocycles. The van der Waals surface area contributed by atoms with Gasteiger partial charge in [-0.2, -0.15) is 5.10 Å². The number of carbonyl (C=O) groups is 1. The third-order valence-electron chi connectivity index (χ3n) is 5.26. The van der Waals surface area contributed by atoms with Crippen LogP contribution in [-0.4, -0.2) is 46.4 Å². The highest BCUT2D eigenvalue weighted by Crippen LogP contribution is 2.19. The molecule has 0 radical (unpaired) electrons. The Labute approximate surface area is 145 Å². The minimum absolute atomic E-state index is 0.0169. The molecular weight excluding hydrogens is 302 g/mol. The van der Waals surface area contributed by atoms with Gasteiger partial charge in [0.25, 0.3) is 0 Å². The standard InChI is InChI=1S/C18H31N5O/c1-2-23-14-16(11-20-23)13-22-9-5-6-15(12-22)10-19-18(24)21-17-7-3-4-8-17/h11,14-15,17H,2-10,12-13H2,1H3,(H2,19,21,24)/t15-/m1/s1. The first-order valence-corrected chi connectivity index (χ1v) is 9.51. The van der Waals surface area contributed by atoms with Gasteiger partial charge in [0.1, 0.15) is 0 Å². The van der Waals surface area contributed by atoms with Crippen LogP contribution in [0, 0.1) is 5.92 Å². The van der Waals surface area contributed by atoms with E-state index in [9.17, 15) is 4.79 Å². The van der Waals surface area contributed by atoms with Crippen LogP contribution in [-0.2, 0) is 13.1 Å². The summed E-state index contributed by atoms with van der Waals surface area (Å²) in [4.78, 5) is 14.5. The smallest absolute Gasteiger partial charge is 0.315 e. The third-order valence-corrected chi connectivity index (χ3v) is 5.26. The highest BCUT2D eigenvalue weighted by molar-refractivity contribution is 5.74. The Kier molecular flexibility index (Phi) is 6.12. The van der Waals surface area contributed by atoms with Crippen LogP contribution in [0.1, 0.15) is 51.0 Å². The maximum atomic E-state index is 12.0. The van der Waals surface area contributed by atoms with Crippen molar-refractivity contribution >= 4 is 6.03 Å². The molecule has 1 aliphatic heterocycles. The summed E-state index contributed by atoms with van der Waals surface area (Å²) in [5.74, 6) is 0.550. The molecule has 1 aromatic heterocycles.